The summed E-state index contributed by atoms with van der Waals surface area (Å²) < 4.78 is 67.3. The van der Waals surface area contributed by atoms with Crippen molar-refractivity contribution in [2.45, 2.75) is 24.8 Å². The first kappa shape index (κ1) is 34.3. The molecule has 2 rings (SSSR count). The van der Waals surface area contributed by atoms with Crippen LogP contribution in [0.15, 0.2) is 59.5 Å². The Labute approximate surface area is 238 Å². The van der Waals surface area contributed by atoms with Gasteiger partial charge in [0.25, 0.3) is 10.1 Å². The molecule has 0 bridgehead atoms. The number of aryl methyl sites for hydroxylation is 1. The lowest BCUT2D eigenvalue weighted by atomic mass is 10.2. The number of hydrogen-bond acceptors (Lipinski definition) is 10. The van der Waals surface area contributed by atoms with Crippen molar-refractivity contribution in [2.24, 2.45) is 0 Å². The van der Waals surface area contributed by atoms with Crippen molar-refractivity contribution in [3.63, 3.8) is 0 Å². The van der Waals surface area contributed by atoms with Crippen LogP contribution in [0.2, 0.25) is 0 Å². The van der Waals surface area contributed by atoms with Crippen LogP contribution < -0.4 is 0 Å². The van der Waals surface area contributed by atoms with E-state index in [1.165, 1.54) is 17.7 Å². The quantitative estimate of drug-likeness (QED) is 0.121. The predicted molar refractivity (Wildman–Crippen MR) is 150 cm³/mol. The van der Waals surface area contributed by atoms with Gasteiger partial charge in [-0.05, 0) is 31.0 Å². The van der Waals surface area contributed by atoms with Crippen LogP contribution in [0.25, 0.3) is 0 Å². The zero-order valence-electron chi connectivity index (χ0n) is 23.5. The molecule has 0 heterocycles. The minimum Gasteiger partial charge on any atom is -0.379 e. The summed E-state index contributed by atoms with van der Waals surface area (Å²) in [5, 5.41) is 0. The Morgan fingerprint density at radius 3 is 1.43 bits per heavy atom. The zero-order valence-corrected chi connectivity index (χ0v) is 24.3. The Hall–Kier alpha value is -1.93. The van der Waals surface area contributed by atoms with Crippen molar-refractivity contribution in [2.75, 3.05) is 92.5 Å². The van der Waals surface area contributed by atoms with Gasteiger partial charge in [-0.2, -0.15) is 8.42 Å². The van der Waals surface area contributed by atoms with E-state index in [1.54, 1.807) is 12.1 Å². The molecule has 11 heteroatoms. The monoisotopic (exact) mass is 584 g/mol. The SMILES string of the molecule is Cc1ccc(S(=O)(=O)OCCOCCOCCOCCOCCOCCOCCCOCc2ccccc2)cc1. The number of hydrogen-bond donors (Lipinski definition) is 0. The molecule has 10 nitrogen and oxygen atoms in total. The molecule has 0 N–H and O–H groups in total. The zero-order chi connectivity index (χ0) is 28.6. The highest BCUT2D eigenvalue weighted by molar-refractivity contribution is 7.86. The van der Waals surface area contributed by atoms with E-state index in [0.29, 0.717) is 85.9 Å². The second-order valence-electron chi connectivity index (χ2n) is 8.66. The normalized spacial score (nSPS) is 11.7. The van der Waals surface area contributed by atoms with Crippen LogP contribution in [0.5, 0.6) is 0 Å². The summed E-state index contributed by atoms with van der Waals surface area (Å²) in [4.78, 5) is 0.133. The molecule has 226 valence electrons. The van der Waals surface area contributed by atoms with Gasteiger partial charge in [-0.3, -0.25) is 4.18 Å². The highest BCUT2D eigenvalue weighted by atomic mass is 32.2. The first-order valence-electron chi connectivity index (χ1n) is 13.6. The average molecular weight is 585 g/mol. The molecule has 0 aliphatic heterocycles. The molecule has 0 fully saturated rings. The van der Waals surface area contributed by atoms with Crippen LogP contribution in [0.4, 0.5) is 0 Å². The Balaban J connectivity index is 1.23. The van der Waals surface area contributed by atoms with E-state index < -0.39 is 10.1 Å². The predicted octanol–water partition coefficient (Wildman–Crippen LogP) is 3.41. The summed E-state index contributed by atoms with van der Waals surface area (Å²) >= 11 is 0. The van der Waals surface area contributed by atoms with Gasteiger partial charge in [-0.15, -0.1) is 0 Å². The molecule has 0 atom stereocenters. The molecule has 0 aliphatic rings. The summed E-state index contributed by atoms with van der Waals surface area (Å²) in [5.74, 6) is 0. The van der Waals surface area contributed by atoms with Gasteiger partial charge in [0.1, 0.15) is 0 Å². The fourth-order valence-corrected chi connectivity index (χ4v) is 4.10. The highest BCUT2D eigenvalue weighted by Gasteiger charge is 2.14. The third-order valence-electron chi connectivity index (χ3n) is 5.32. The Morgan fingerprint density at radius 2 is 0.925 bits per heavy atom. The van der Waals surface area contributed by atoms with Gasteiger partial charge in [0.05, 0.1) is 90.8 Å². The van der Waals surface area contributed by atoms with Gasteiger partial charge in [-0.25, -0.2) is 0 Å². The molecule has 0 unspecified atom stereocenters. The molecular formula is C29H44O10S. The molecule has 0 aliphatic carbocycles. The van der Waals surface area contributed by atoms with Crippen LogP contribution >= 0.6 is 0 Å². The first-order chi connectivity index (χ1) is 19.6. The van der Waals surface area contributed by atoms with Crippen molar-refractivity contribution in [1.82, 2.24) is 0 Å². The van der Waals surface area contributed by atoms with E-state index in [0.717, 1.165) is 12.0 Å². The lowest BCUT2D eigenvalue weighted by Gasteiger charge is -2.09. The van der Waals surface area contributed by atoms with E-state index >= 15 is 0 Å². The fourth-order valence-electron chi connectivity index (χ4n) is 3.20. The van der Waals surface area contributed by atoms with Crippen LogP contribution in [0.3, 0.4) is 0 Å². The largest absolute Gasteiger partial charge is 0.379 e. The molecule has 40 heavy (non-hydrogen) atoms. The van der Waals surface area contributed by atoms with Gasteiger partial charge in [0.15, 0.2) is 0 Å². The number of rotatable bonds is 26. The summed E-state index contributed by atoms with van der Waals surface area (Å²) in [5.41, 5.74) is 2.15. The van der Waals surface area contributed by atoms with Crippen LogP contribution in [-0.4, -0.2) is 101 Å². The molecular weight excluding hydrogens is 540 g/mol. The van der Waals surface area contributed by atoms with Gasteiger partial charge >= 0.3 is 0 Å². The topological polar surface area (TPSA) is 108 Å². The van der Waals surface area contributed by atoms with Crippen LogP contribution in [0, 0.1) is 6.92 Å². The third-order valence-corrected chi connectivity index (χ3v) is 6.65. The summed E-state index contributed by atoms with van der Waals surface area (Å²) in [6, 6.07) is 16.6. The number of benzene rings is 2. The maximum absolute atomic E-state index is 12.1. The van der Waals surface area contributed by atoms with Gasteiger partial charge in [0, 0.05) is 13.2 Å². The fraction of sp³-hybridized carbons (Fsp3) is 0.586. The summed E-state index contributed by atoms with van der Waals surface area (Å²) in [6.45, 7) is 8.61. The standard InChI is InChI=1S/C29H44O10S/c1-27-8-10-29(11-9-27)40(30,31)39-25-24-37-23-22-36-21-20-35-19-18-34-17-16-33-15-14-32-12-5-13-38-26-28-6-3-2-4-7-28/h2-4,6-11H,5,12-26H2,1H3. The Kier molecular flexibility index (Phi) is 19.5. The Bertz CT molecular complexity index is 955. The molecule has 0 spiro atoms. The molecule has 2 aromatic carbocycles. The summed E-state index contributed by atoms with van der Waals surface area (Å²) in [7, 11) is -3.76. The van der Waals surface area contributed by atoms with Crippen molar-refractivity contribution >= 4 is 10.1 Å². The average Bonchev–Trinajstić information content (AvgIpc) is 2.96. The maximum atomic E-state index is 12.1. The summed E-state index contributed by atoms with van der Waals surface area (Å²) in [6.07, 6.45) is 0.855. The molecule has 0 amide bonds. The van der Waals surface area contributed by atoms with Crippen LogP contribution in [0.1, 0.15) is 17.5 Å². The lowest BCUT2D eigenvalue weighted by Crippen LogP contribution is -2.15. The minimum atomic E-state index is -3.76. The molecule has 0 aromatic heterocycles. The Morgan fingerprint density at radius 1 is 0.500 bits per heavy atom. The van der Waals surface area contributed by atoms with E-state index in [2.05, 4.69) is 0 Å². The van der Waals surface area contributed by atoms with E-state index in [4.69, 9.17) is 37.3 Å². The molecule has 0 radical (unpaired) electrons. The third kappa shape index (κ3) is 17.7. The first-order valence-corrected chi connectivity index (χ1v) is 15.0. The van der Waals surface area contributed by atoms with E-state index in [1.807, 2.05) is 37.3 Å². The second kappa shape index (κ2) is 22.7. The highest BCUT2D eigenvalue weighted by Crippen LogP contribution is 2.12. The van der Waals surface area contributed by atoms with E-state index in [9.17, 15) is 8.42 Å². The van der Waals surface area contributed by atoms with Gasteiger partial charge in [-0.1, -0.05) is 48.0 Å². The minimum absolute atomic E-state index is 0.0517. The van der Waals surface area contributed by atoms with Crippen LogP contribution in [-0.2, 0) is 54.1 Å². The molecule has 0 saturated heterocycles. The van der Waals surface area contributed by atoms with Gasteiger partial charge < -0.3 is 33.2 Å². The van der Waals surface area contributed by atoms with Crippen molar-refractivity contribution in [3.05, 3.63) is 65.7 Å². The maximum Gasteiger partial charge on any atom is 0.297 e. The number of ether oxygens (including phenoxy) is 7. The van der Waals surface area contributed by atoms with Gasteiger partial charge in [0.2, 0.25) is 0 Å². The smallest absolute Gasteiger partial charge is 0.297 e. The van der Waals surface area contributed by atoms with Crippen molar-refractivity contribution in [1.29, 1.82) is 0 Å². The molecule has 2 aromatic rings. The van der Waals surface area contributed by atoms with Crippen molar-refractivity contribution < 1.29 is 45.8 Å². The molecule has 0 saturated carbocycles. The lowest BCUT2D eigenvalue weighted by molar-refractivity contribution is -0.0185. The van der Waals surface area contributed by atoms with Crippen molar-refractivity contribution in [3.8, 4) is 0 Å². The van der Waals surface area contributed by atoms with E-state index in [-0.39, 0.29) is 18.1 Å². The second-order valence-corrected chi connectivity index (χ2v) is 10.3.